The van der Waals surface area contributed by atoms with E-state index in [1.54, 1.807) is 73.7 Å². The SMILES string of the molecule is CCCNC(=O)C(C)N(Cc1ccccc1Cl)C(=O)CN(c1ccc(C)cc1)S(=O)(=O)c1ccccc1. The highest BCUT2D eigenvalue weighted by Gasteiger charge is 2.32. The van der Waals surface area contributed by atoms with Gasteiger partial charge in [0.05, 0.1) is 10.6 Å². The maximum Gasteiger partial charge on any atom is 0.264 e. The second-order valence-corrected chi connectivity index (χ2v) is 11.0. The number of sulfonamides is 1. The van der Waals surface area contributed by atoms with Gasteiger partial charge >= 0.3 is 0 Å². The van der Waals surface area contributed by atoms with Gasteiger partial charge in [-0.3, -0.25) is 13.9 Å². The number of hydrogen-bond acceptors (Lipinski definition) is 4. The smallest absolute Gasteiger partial charge is 0.264 e. The van der Waals surface area contributed by atoms with Gasteiger partial charge in [0.15, 0.2) is 0 Å². The molecule has 37 heavy (non-hydrogen) atoms. The summed E-state index contributed by atoms with van der Waals surface area (Å²) in [5.74, 6) is -0.853. The number of nitrogens with one attached hydrogen (secondary N) is 1. The van der Waals surface area contributed by atoms with E-state index in [1.165, 1.54) is 17.0 Å². The lowest BCUT2D eigenvalue weighted by molar-refractivity contribution is -0.139. The molecule has 0 fully saturated rings. The molecule has 0 radical (unpaired) electrons. The Bertz CT molecular complexity index is 1310. The molecule has 0 aliphatic rings. The first-order valence-electron chi connectivity index (χ1n) is 12.1. The normalized spacial score (nSPS) is 12.0. The molecule has 0 saturated heterocycles. The van der Waals surface area contributed by atoms with E-state index in [4.69, 9.17) is 11.6 Å². The van der Waals surface area contributed by atoms with Gasteiger partial charge in [0.1, 0.15) is 12.6 Å². The van der Waals surface area contributed by atoms with E-state index in [0.29, 0.717) is 22.8 Å². The fraction of sp³-hybridized carbons (Fsp3) is 0.286. The number of hydrogen-bond donors (Lipinski definition) is 1. The highest BCUT2D eigenvalue weighted by molar-refractivity contribution is 7.92. The molecule has 1 unspecified atom stereocenters. The van der Waals surface area contributed by atoms with Crippen molar-refractivity contribution in [3.8, 4) is 0 Å². The van der Waals surface area contributed by atoms with E-state index < -0.39 is 28.5 Å². The Morgan fingerprint density at radius 1 is 0.946 bits per heavy atom. The first kappa shape index (κ1) is 28.2. The number of nitrogens with zero attached hydrogens (tertiary/aromatic N) is 2. The predicted octanol–water partition coefficient (Wildman–Crippen LogP) is 4.79. The van der Waals surface area contributed by atoms with Gasteiger partial charge in [-0.2, -0.15) is 0 Å². The molecule has 1 atom stereocenters. The molecule has 0 aliphatic heterocycles. The van der Waals surface area contributed by atoms with Crippen LogP contribution in [0.4, 0.5) is 5.69 Å². The number of benzene rings is 3. The van der Waals surface area contributed by atoms with Crippen molar-refractivity contribution in [3.63, 3.8) is 0 Å². The number of anilines is 1. The van der Waals surface area contributed by atoms with Crippen LogP contribution in [0.15, 0.2) is 83.8 Å². The summed E-state index contributed by atoms with van der Waals surface area (Å²) in [5.41, 5.74) is 1.96. The monoisotopic (exact) mass is 541 g/mol. The van der Waals surface area contributed by atoms with Crippen LogP contribution in [0, 0.1) is 6.92 Å². The maximum absolute atomic E-state index is 13.8. The average Bonchev–Trinajstić information content (AvgIpc) is 2.90. The molecule has 3 aromatic carbocycles. The quantitative estimate of drug-likeness (QED) is 0.378. The Labute approximate surface area is 224 Å². The molecule has 196 valence electrons. The van der Waals surface area contributed by atoms with E-state index in [9.17, 15) is 18.0 Å². The third-order valence-corrected chi connectivity index (χ3v) is 8.10. The van der Waals surface area contributed by atoms with Crippen LogP contribution in [0.5, 0.6) is 0 Å². The summed E-state index contributed by atoms with van der Waals surface area (Å²) >= 11 is 6.37. The molecule has 2 amide bonds. The summed E-state index contributed by atoms with van der Waals surface area (Å²) in [7, 11) is -4.08. The van der Waals surface area contributed by atoms with Crippen molar-refractivity contribution in [2.24, 2.45) is 0 Å². The molecule has 3 aromatic rings. The molecular formula is C28H32ClN3O4S. The first-order valence-corrected chi connectivity index (χ1v) is 13.9. The largest absolute Gasteiger partial charge is 0.354 e. The topological polar surface area (TPSA) is 86.8 Å². The summed E-state index contributed by atoms with van der Waals surface area (Å²) in [6, 6.07) is 21.1. The minimum Gasteiger partial charge on any atom is -0.354 e. The number of halogens is 1. The second kappa shape index (κ2) is 12.7. The molecule has 9 heteroatoms. The minimum absolute atomic E-state index is 0.0480. The summed E-state index contributed by atoms with van der Waals surface area (Å²) < 4.78 is 28.5. The van der Waals surface area contributed by atoms with Gasteiger partial charge in [-0.25, -0.2) is 8.42 Å². The number of aryl methyl sites for hydroxylation is 1. The number of carbonyl (C=O) groups is 2. The van der Waals surface area contributed by atoms with Crippen molar-refractivity contribution in [2.45, 2.75) is 44.7 Å². The summed E-state index contributed by atoms with van der Waals surface area (Å²) in [6.45, 7) is 5.48. The van der Waals surface area contributed by atoms with E-state index in [0.717, 1.165) is 16.3 Å². The van der Waals surface area contributed by atoms with E-state index in [1.807, 2.05) is 13.8 Å². The minimum atomic E-state index is -4.08. The van der Waals surface area contributed by atoms with Gasteiger partial charge in [-0.1, -0.05) is 72.6 Å². The zero-order valence-corrected chi connectivity index (χ0v) is 22.8. The molecule has 0 saturated carbocycles. The molecule has 7 nitrogen and oxygen atoms in total. The molecule has 0 heterocycles. The highest BCUT2D eigenvalue weighted by atomic mass is 35.5. The van der Waals surface area contributed by atoms with Crippen molar-refractivity contribution in [2.75, 3.05) is 17.4 Å². The molecule has 0 spiro atoms. The van der Waals surface area contributed by atoms with Crippen molar-refractivity contribution in [3.05, 3.63) is 95.0 Å². The van der Waals surface area contributed by atoms with Crippen molar-refractivity contribution in [1.29, 1.82) is 0 Å². The number of amides is 2. The molecule has 0 bridgehead atoms. The highest BCUT2D eigenvalue weighted by Crippen LogP contribution is 2.25. The van der Waals surface area contributed by atoms with Gasteiger partial charge in [0.2, 0.25) is 11.8 Å². The average molecular weight is 542 g/mol. The third kappa shape index (κ3) is 7.11. The van der Waals surface area contributed by atoms with E-state index in [2.05, 4.69) is 5.32 Å². The Kier molecular flexibility index (Phi) is 9.72. The van der Waals surface area contributed by atoms with Crippen LogP contribution >= 0.6 is 11.6 Å². The van der Waals surface area contributed by atoms with E-state index in [-0.39, 0.29) is 17.3 Å². The number of rotatable bonds is 11. The van der Waals surface area contributed by atoms with Crippen LogP contribution in [0.1, 0.15) is 31.4 Å². The molecule has 1 N–H and O–H groups in total. The number of carbonyl (C=O) groups excluding carboxylic acids is 2. The van der Waals surface area contributed by atoms with Crippen LogP contribution < -0.4 is 9.62 Å². The second-order valence-electron chi connectivity index (χ2n) is 8.74. The van der Waals surface area contributed by atoms with Crippen LogP contribution in [0.3, 0.4) is 0 Å². The maximum atomic E-state index is 13.8. The first-order chi connectivity index (χ1) is 17.6. The Balaban J connectivity index is 2.01. The lowest BCUT2D eigenvalue weighted by Gasteiger charge is -2.32. The zero-order valence-electron chi connectivity index (χ0n) is 21.2. The Morgan fingerprint density at radius 2 is 1.57 bits per heavy atom. The lowest BCUT2D eigenvalue weighted by atomic mass is 10.1. The zero-order chi connectivity index (χ0) is 27.0. The van der Waals surface area contributed by atoms with Gasteiger partial charge in [-0.05, 0) is 56.2 Å². The van der Waals surface area contributed by atoms with Crippen LogP contribution in [-0.2, 0) is 26.2 Å². The van der Waals surface area contributed by atoms with E-state index >= 15 is 0 Å². The fourth-order valence-electron chi connectivity index (χ4n) is 3.75. The molecule has 0 aromatic heterocycles. The van der Waals surface area contributed by atoms with Crippen LogP contribution in [0.25, 0.3) is 0 Å². The molecule has 3 rings (SSSR count). The summed E-state index contributed by atoms with van der Waals surface area (Å²) in [4.78, 5) is 28.1. The van der Waals surface area contributed by atoms with Gasteiger partial charge < -0.3 is 10.2 Å². The van der Waals surface area contributed by atoms with Crippen LogP contribution in [0.2, 0.25) is 5.02 Å². The Hall–Kier alpha value is -3.36. The van der Waals surface area contributed by atoms with Gasteiger partial charge in [-0.15, -0.1) is 0 Å². The fourth-order valence-corrected chi connectivity index (χ4v) is 5.38. The molecular weight excluding hydrogens is 510 g/mol. The lowest BCUT2D eigenvalue weighted by Crippen LogP contribution is -2.51. The standard InChI is InChI=1S/C28H32ClN3O4S/c1-4-18-30-28(34)22(3)31(19-23-10-8-9-13-26(23)29)27(33)20-32(24-16-14-21(2)15-17-24)37(35,36)25-11-6-5-7-12-25/h5-17,22H,4,18-20H2,1-3H3,(H,30,34). The van der Waals surface area contributed by atoms with Crippen molar-refractivity contribution >= 4 is 39.1 Å². The van der Waals surface area contributed by atoms with Crippen molar-refractivity contribution in [1.82, 2.24) is 10.2 Å². The predicted molar refractivity (Wildman–Crippen MR) is 147 cm³/mol. The summed E-state index contributed by atoms with van der Waals surface area (Å²) in [5, 5.41) is 3.27. The Morgan fingerprint density at radius 3 is 2.19 bits per heavy atom. The third-order valence-electron chi connectivity index (χ3n) is 5.95. The van der Waals surface area contributed by atoms with Crippen molar-refractivity contribution < 1.29 is 18.0 Å². The van der Waals surface area contributed by atoms with Crippen LogP contribution in [-0.4, -0.2) is 44.3 Å². The molecule has 0 aliphatic carbocycles. The van der Waals surface area contributed by atoms with Gasteiger partial charge in [0, 0.05) is 18.1 Å². The van der Waals surface area contributed by atoms with Gasteiger partial charge in [0.25, 0.3) is 10.0 Å². The summed E-state index contributed by atoms with van der Waals surface area (Å²) in [6.07, 6.45) is 0.743.